The van der Waals surface area contributed by atoms with E-state index in [-0.39, 0.29) is 4.91 Å². The molecule has 4 amide bonds. The number of nitrogens with one attached hydrogen (secondary N) is 2. The number of thioether (sulfide) groups is 1. The molecular weight excluding hydrogens is 437 g/mol. The third-order valence-corrected chi connectivity index (χ3v) is 5.09. The van der Waals surface area contributed by atoms with E-state index in [0.29, 0.717) is 33.2 Å². The molecule has 0 atom stereocenters. The van der Waals surface area contributed by atoms with E-state index in [1.165, 1.54) is 0 Å². The van der Waals surface area contributed by atoms with Crippen molar-refractivity contribution in [1.29, 1.82) is 0 Å². The van der Waals surface area contributed by atoms with Crippen molar-refractivity contribution in [3.05, 3.63) is 69.6 Å². The Kier molecular flexibility index (Phi) is 6.58. The lowest BCUT2D eigenvalue weighted by molar-refractivity contribution is -0.127. The second-order valence-electron chi connectivity index (χ2n) is 5.82. The first-order chi connectivity index (χ1) is 13.8. The molecule has 0 aliphatic carbocycles. The Morgan fingerprint density at radius 3 is 1.97 bits per heavy atom. The first kappa shape index (κ1) is 20.9. The van der Waals surface area contributed by atoms with Crippen LogP contribution >= 0.6 is 35.0 Å². The van der Waals surface area contributed by atoms with Crippen LogP contribution in [0, 0.1) is 0 Å². The summed E-state index contributed by atoms with van der Waals surface area (Å²) in [5, 5.41) is 5.52. The first-order valence-corrected chi connectivity index (χ1v) is 9.76. The van der Waals surface area contributed by atoms with Crippen molar-refractivity contribution in [2.24, 2.45) is 0 Å². The summed E-state index contributed by atoms with van der Waals surface area (Å²) in [7, 11) is 0. The van der Waals surface area contributed by atoms with Gasteiger partial charge in [-0.1, -0.05) is 23.2 Å². The van der Waals surface area contributed by atoms with Gasteiger partial charge in [0.15, 0.2) is 0 Å². The highest BCUT2D eigenvalue weighted by Gasteiger charge is 2.36. The number of hydrogen-bond acceptors (Lipinski definition) is 5. The van der Waals surface area contributed by atoms with Crippen LogP contribution in [-0.2, 0) is 14.4 Å². The molecule has 1 fully saturated rings. The molecule has 0 unspecified atom stereocenters. The van der Waals surface area contributed by atoms with Crippen molar-refractivity contribution in [1.82, 2.24) is 4.90 Å². The molecule has 2 aromatic rings. The van der Waals surface area contributed by atoms with Gasteiger partial charge in [0.05, 0.1) is 4.91 Å². The molecular formula is C19H13Cl2N3O4S. The van der Waals surface area contributed by atoms with Crippen LogP contribution in [0.25, 0.3) is 0 Å². The maximum atomic E-state index is 12.4. The van der Waals surface area contributed by atoms with E-state index in [0.717, 1.165) is 11.0 Å². The Morgan fingerprint density at radius 1 is 0.897 bits per heavy atom. The van der Waals surface area contributed by atoms with Gasteiger partial charge in [0, 0.05) is 27.5 Å². The highest BCUT2D eigenvalue weighted by Crippen LogP contribution is 2.30. The van der Waals surface area contributed by atoms with Gasteiger partial charge in [0.25, 0.3) is 11.1 Å². The maximum Gasteiger partial charge on any atom is 0.294 e. The van der Waals surface area contributed by atoms with Crippen molar-refractivity contribution < 1.29 is 19.2 Å². The summed E-state index contributed by atoms with van der Waals surface area (Å²) in [6.45, 7) is -0.469. The molecule has 10 heteroatoms. The Hall–Kier alpha value is -2.81. The SMILES string of the molecule is O=C(/C=C1\SC(=O)N(CC(=O)Nc2ccc(Cl)cc2)C1=O)Nc1ccc(Cl)cc1. The lowest BCUT2D eigenvalue weighted by Crippen LogP contribution is -2.36. The number of benzene rings is 2. The van der Waals surface area contributed by atoms with Crippen LogP contribution in [0.4, 0.5) is 16.2 Å². The standard InChI is InChI=1S/C19H13Cl2N3O4S/c20-11-1-5-13(6-2-11)22-16(25)9-15-18(27)24(19(28)29-15)10-17(26)23-14-7-3-12(21)4-8-14/h1-9H,10H2,(H,22,25)(H,23,26)/b15-9-. The van der Waals surface area contributed by atoms with Crippen molar-refractivity contribution >= 4 is 69.3 Å². The van der Waals surface area contributed by atoms with Crippen LogP contribution in [0.15, 0.2) is 59.5 Å². The number of amides is 4. The smallest absolute Gasteiger partial charge is 0.294 e. The molecule has 1 saturated heterocycles. The van der Waals surface area contributed by atoms with Crippen LogP contribution in [0.5, 0.6) is 0 Å². The fourth-order valence-corrected chi connectivity index (χ4v) is 3.41. The molecule has 7 nitrogen and oxygen atoms in total. The van der Waals surface area contributed by atoms with Gasteiger partial charge in [-0.25, -0.2) is 0 Å². The molecule has 148 valence electrons. The number of hydrogen-bond donors (Lipinski definition) is 2. The number of nitrogens with zero attached hydrogens (tertiary/aromatic N) is 1. The summed E-state index contributed by atoms with van der Waals surface area (Å²) in [6.07, 6.45) is 1.02. The molecule has 1 heterocycles. The van der Waals surface area contributed by atoms with Gasteiger partial charge >= 0.3 is 0 Å². The van der Waals surface area contributed by atoms with E-state index < -0.39 is 29.5 Å². The third-order valence-electron chi connectivity index (χ3n) is 3.68. The summed E-state index contributed by atoms with van der Waals surface area (Å²) >= 11 is 12.2. The van der Waals surface area contributed by atoms with Gasteiger partial charge in [0.2, 0.25) is 11.8 Å². The second-order valence-corrected chi connectivity index (χ2v) is 7.69. The zero-order valence-corrected chi connectivity index (χ0v) is 17.0. The summed E-state index contributed by atoms with van der Waals surface area (Å²) in [6, 6.07) is 12.8. The van der Waals surface area contributed by atoms with Crippen LogP contribution in [0.2, 0.25) is 10.0 Å². The molecule has 1 aliphatic heterocycles. The summed E-state index contributed by atoms with van der Waals surface area (Å²) in [5.74, 6) is -1.84. The fourth-order valence-electron chi connectivity index (χ4n) is 2.34. The van der Waals surface area contributed by atoms with E-state index in [9.17, 15) is 19.2 Å². The largest absolute Gasteiger partial charge is 0.325 e. The molecule has 0 aromatic heterocycles. The highest BCUT2D eigenvalue weighted by atomic mass is 35.5. The zero-order chi connectivity index (χ0) is 21.0. The minimum Gasteiger partial charge on any atom is -0.325 e. The number of imide groups is 1. The van der Waals surface area contributed by atoms with E-state index in [1.54, 1.807) is 48.5 Å². The van der Waals surface area contributed by atoms with Gasteiger partial charge < -0.3 is 10.6 Å². The van der Waals surface area contributed by atoms with Crippen molar-refractivity contribution in [3.63, 3.8) is 0 Å². The monoisotopic (exact) mass is 449 g/mol. The number of carbonyl (C=O) groups is 4. The number of carbonyl (C=O) groups excluding carboxylic acids is 4. The Labute approximate surface area is 180 Å². The van der Waals surface area contributed by atoms with E-state index in [2.05, 4.69) is 10.6 Å². The lowest BCUT2D eigenvalue weighted by atomic mass is 10.3. The third kappa shape index (κ3) is 5.60. The van der Waals surface area contributed by atoms with Gasteiger partial charge in [0.1, 0.15) is 6.54 Å². The predicted octanol–water partition coefficient (Wildman–Crippen LogP) is 4.15. The Bertz CT molecular complexity index is 1010. The Balaban J connectivity index is 1.61. The van der Waals surface area contributed by atoms with Crippen LogP contribution < -0.4 is 10.6 Å². The topological polar surface area (TPSA) is 95.6 Å². The van der Waals surface area contributed by atoms with Crippen LogP contribution in [0.3, 0.4) is 0 Å². The van der Waals surface area contributed by atoms with Crippen molar-refractivity contribution in [2.45, 2.75) is 0 Å². The molecule has 0 saturated carbocycles. The normalized spacial score (nSPS) is 15.0. The molecule has 0 spiro atoms. The minimum absolute atomic E-state index is 0.0687. The van der Waals surface area contributed by atoms with Crippen molar-refractivity contribution in [3.8, 4) is 0 Å². The molecule has 0 bridgehead atoms. The van der Waals surface area contributed by atoms with Gasteiger partial charge in [-0.2, -0.15) is 0 Å². The first-order valence-electron chi connectivity index (χ1n) is 8.19. The second kappa shape index (κ2) is 9.13. The molecule has 3 rings (SSSR count). The van der Waals surface area contributed by atoms with E-state index in [4.69, 9.17) is 23.2 Å². The maximum absolute atomic E-state index is 12.4. The zero-order valence-electron chi connectivity index (χ0n) is 14.6. The van der Waals surface area contributed by atoms with Gasteiger partial charge in [-0.05, 0) is 60.3 Å². The highest BCUT2D eigenvalue weighted by molar-refractivity contribution is 8.18. The molecule has 2 N–H and O–H groups in total. The molecule has 0 radical (unpaired) electrons. The van der Waals surface area contributed by atoms with E-state index >= 15 is 0 Å². The van der Waals surface area contributed by atoms with Crippen molar-refractivity contribution in [2.75, 3.05) is 17.2 Å². The van der Waals surface area contributed by atoms with Crippen LogP contribution in [0.1, 0.15) is 0 Å². The summed E-state index contributed by atoms with van der Waals surface area (Å²) in [5.41, 5.74) is 0.960. The van der Waals surface area contributed by atoms with Gasteiger partial charge in [-0.15, -0.1) is 0 Å². The van der Waals surface area contributed by atoms with Crippen LogP contribution in [-0.4, -0.2) is 34.4 Å². The fraction of sp³-hybridized carbons (Fsp3) is 0.0526. The molecule has 2 aromatic carbocycles. The van der Waals surface area contributed by atoms with E-state index in [1.807, 2.05) is 0 Å². The minimum atomic E-state index is -0.711. The molecule has 1 aliphatic rings. The molecule has 29 heavy (non-hydrogen) atoms. The Morgan fingerprint density at radius 2 is 1.41 bits per heavy atom. The summed E-state index contributed by atoms with van der Waals surface area (Å²) < 4.78 is 0. The average molecular weight is 450 g/mol. The summed E-state index contributed by atoms with van der Waals surface area (Å²) in [4.78, 5) is 49.4. The quantitative estimate of drug-likeness (QED) is 0.668. The lowest BCUT2D eigenvalue weighted by Gasteiger charge is -2.12. The number of halogens is 2. The number of rotatable bonds is 5. The van der Waals surface area contributed by atoms with Gasteiger partial charge in [-0.3, -0.25) is 24.1 Å². The average Bonchev–Trinajstić information content (AvgIpc) is 2.93. The number of anilines is 2. The predicted molar refractivity (Wildman–Crippen MR) is 113 cm³/mol.